The molecule has 0 aromatic heterocycles. The molecule has 0 aromatic carbocycles. The lowest BCUT2D eigenvalue weighted by Gasteiger charge is -2.36. The highest BCUT2D eigenvalue weighted by Crippen LogP contribution is 2.31. The zero-order valence-corrected chi connectivity index (χ0v) is 43.2. The first-order valence-corrected chi connectivity index (χ1v) is 28.8. The molecule has 2 rings (SSSR count). The van der Waals surface area contributed by atoms with Crippen LogP contribution in [0.4, 0.5) is 0 Å². The van der Waals surface area contributed by atoms with Crippen molar-refractivity contribution in [3.63, 3.8) is 0 Å². The zero-order valence-electron chi connectivity index (χ0n) is 43.2. The Morgan fingerprint density at radius 1 is 0.355 bits per heavy atom. The fraction of sp³-hybridized carbons (Fsp3) is 0.982. The Balaban J connectivity index is 1.91. The molecule has 0 N–H and O–H groups in total. The van der Waals surface area contributed by atoms with Crippen molar-refractivity contribution in [1.82, 2.24) is 24.5 Å². The van der Waals surface area contributed by atoms with Gasteiger partial charge in [-0.2, -0.15) is 0 Å². The monoisotopic (exact) mass is 872 g/mol. The molecule has 2 atom stereocenters. The minimum Gasteiger partial charge on any atom is -0.336 e. The minimum absolute atomic E-state index is 0.422. The number of amides is 1. The molecule has 2 fully saturated rings. The summed E-state index contributed by atoms with van der Waals surface area (Å²) in [5, 5.41) is 0. The highest BCUT2D eigenvalue weighted by molar-refractivity contribution is 5.79. The molecule has 0 saturated carbocycles. The van der Waals surface area contributed by atoms with Crippen LogP contribution >= 0.6 is 0 Å². The van der Waals surface area contributed by atoms with E-state index >= 15 is 0 Å². The number of carbonyl (C=O) groups excluding carboxylic acids is 1. The van der Waals surface area contributed by atoms with Crippen molar-refractivity contribution in [1.29, 1.82) is 0 Å². The molecule has 2 saturated heterocycles. The summed E-state index contributed by atoms with van der Waals surface area (Å²) in [5.41, 5.74) is 0. The third-order valence-corrected chi connectivity index (χ3v) is 14.9. The van der Waals surface area contributed by atoms with Gasteiger partial charge in [0.05, 0.1) is 6.54 Å². The van der Waals surface area contributed by atoms with Gasteiger partial charge in [0.15, 0.2) is 0 Å². The predicted molar refractivity (Wildman–Crippen MR) is 275 cm³/mol. The van der Waals surface area contributed by atoms with Crippen LogP contribution in [0.25, 0.3) is 0 Å². The van der Waals surface area contributed by atoms with E-state index in [1.807, 2.05) is 0 Å². The third-order valence-electron chi connectivity index (χ3n) is 14.9. The van der Waals surface area contributed by atoms with Gasteiger partial charge in [0.2, 0.25) is 5.91 Å². The van der Waals surface area contributed by atoms with E-state index in [0.29, 0.717) is 24.5 Å². The van der Waals surface area contributed by atoms with Crippen molar-refractivity contribution in [3.05, 3.63) is 0 Å². The molecule has 2 aliphatic heterocycles. The lowest BCUT2D eigenvalue weighted by atomic mass is 10.1. The summed E-state index contributed by atoms with van der Waals surface area (Å²) in [4.78, 5) is 27.4. The third kappa shape index (κ3) is 29.8. The molecular formula is C56H113N5O. The number of nitrogens with zero attached hydrogens (tertiary/aromatic N) is 5. The number of unbranched alkanes of at least 4 members (excludes halogenated alkanes) is 30. The summed E-state index contributed by atoms with van der Waals surface area (Å²) >= 11 is 0. The van der Waals surface area contributed by atoms with Crippen LogP contribution in [0.5, 0.6) is 0 Å². The van der Waals surface area contributed by atoms with Crippen LogP contribution in [0.1, 0.15) is 266 Å². The van der Waals surface area contributed by atoms with Crippen LogP contribution in [0.15, 0.2) is 0 Å². The van der Waals surface area contributed by atoms with Crippen molar-refractivity contribution in [2.24, 2.45) is 0 Å². The van der Waals surface area contributed by atoms with Gasteiger partial charge in [-0.05, 0) is 71.2 Å². The topological polar surface area (TPSA) is 33.3 Å². The zero-order chi connectivity index (χ0) is 44.6. The van der Waals surface area contributed by atoms with Gasteiger partial charge in [-0.25, -0.2) is 0 Å². The van der Waals surface area contributed by atoms with Crippen molar-refractivity contribution < 1.29 is 4.79 Å². The first-order chi connectivity index (χ1) is 30.6. The smallest absolute Gasteiger partial charge is 0.237 e. The molecule has 62 heavy (non-hydrogen) atoms. The van der Waals surface area contributed by atoms with Gasteiger partial charge in [0.1, 0.15) is 0 Å². The van der Waals surface area contributed by atoms with E-state index in [9.17, 15) is 4.79 Å². The Morgan fingerprint density at radius 2 is 0.661 bits per heavy atom. The van der Waals surface area contributed by atoms with Crippen LogP contribution in [-0.2, 0) is 4.79 Å². The summed E-state index contributed by atoms with van der Waals surface area (Å²) in [7, 11) is 0. The largest absolute Gasteiger partial charge is 0.336 e. The van der Waals surface area contributed by atoms with Gasteiger partial charge in [-0.15, -0.1) is 0 Å². The molecule has 2 unspecified atom stereocenters. The number of fused-ring (bicyclic) bond motifs is 2. The normalized spacial score (nSPS) is 16.7. The summed E-state index contributed by atoms with van der Waals surface area (Å²) in [5.74, 6) is 0.422. The van der Waals surface area contributed by atoms with Crippen LogP contribution in [0.2, 0.25) is 0 Å². The van der Waals surface area contributed by atoms with E-state index in [1.54, 1.807) is 0 Å². The van der Waals surface area contributed by atoms with E-state index in [1.165, 1.54) is 277 Å². The Labute approximate surface area is 390 Å². The summed E-state index contributed by atoms with van der Waals surface area (Å²) < 4.78 is 0. The minimum atomic E-state index is 0.422. The van der Waals surface area contributed by atoms with E-state index in [4.69, 9.17) is 0 Å². The molecule has 0 aromatic rings. The summed E-state index contributed by atoms with van der Waals surface area (Å²) in [6.07, 6.45) is 49.4. The van der Waals surface area contributed by atoms with E-state index in [0.717, 1.165) is 26.2 Å². The van der Waals surface area contributed by atoms with Crippen molar-refractivity contribution in [2.45, 2.75) is 278 Å². The number of carbonyl (C=O) groups is 1. The van der Waals surface area contributed by atoms with Crippen LogP contribution < -0.4 is 0 Å². The van der Waals surface area contributed by atoms with Gasteiger partial charge in [-0.1, -0.05) is 227 Å². The molecule has 1 amide bonds. The lowest BCUT2D eigenvalue weighted by Crippen LogP contribution is -2.52. The molecule has 2 aliphatic rings. The first kappa shape index (κ1) is 57.4. The maximum Gasteiger partial charge on any atom is 0.237 e. The first-order valence-electron chi connectivity index (χ1n) is 28.8. The van der Waals surface area contributed by atoms with Gasteiger partial charge >= 0.3 is 0 Å². The molecule has 0 radical (unpaired) electrons. The van der Waals surface area contributed by atoms with Gasteiger partial charge < -0.3 is 14.7 Å². The number of likely N-dealkylation sites (tertiary alicyclic amines) is 2. The Bertz CT molecular complexity index is 927. The second-order valence-corrected chi connectivity index (χ2v) is 20.7. The number of hydrogen-bond acceptors (Lipinski definition) is 5. The Morgan fingerprint density at radius 3 is 0.984 bits per heavy atom. The van der Waals surface area contributed by atoms with Gasteiger partial charge in [0, 0.05) is 51.4 Å². The molecule has 0 spiro atoms. The summed E-state index contributed by atoms with van der Waals surface area (Å²) in [6.45, 7) is 25.2. The maximum atomic E-state index is 14.0. The highest BCUT2D eigenvalue weighted by Gasteiger charge is 2.45. The van der Waals surface area contributed by atoms with Crippen LogP contribution in [0.3, 0.4) is 0 Å². The average molecular weight is 873 g/mol. The number of hydrogen-bond donors (Lipinski definition) is 0. The molecule has 2 bridgehead atoms. The van der Waals surface area contributed by atoms with Crippen molar-refractivity contribution in [2.75, 3.05) is 78.5 Å². The number of piperazine rings is 1. The predicted octanol–water partition coefficient (Wildman–Crippen LogP) is 14.9. The maximum absolute atomic E-state index is 14.0. The van der Waals surface area contributed by atoms with Crippen LogP contribution in [0, 0.1) is 0 Å². The van der Waals surface area contributed by atoms with E-state index < -0.39 is 0 Å². The molecule has 6 nitrogen and oxygen atoms in total. The molecule has 6 heteroatoms. The Hall–Kier alpha value is -0.690. The van der Waals surface area contributed by atoms with E-state index in [2.05, 4.69) is 59.1 Å². The standard InChI is InChI=1S/C56H113N5O/c1-6-11-16-21-26-31-36-41-57(42-37-32-27-22-17-12-7-2)46-47-58(43-38-33-28-23-18-13-8-3)48-49-60-51-55-50-54(60)52-61(55)56(62)53-59(44-39-34-29-24-19-14-9-4)45-40-35-30-25-20-15-10-5/h54-55H,6-53H2,1-5H3. The average Bonchev–Trinajstić information content (AvgIpc) is 3.89. The van der Waals surface area contributed by atoms with E-state index in [-0.39, 0.29) is 0 Å². The van der Waals surface area contributed by atoms with Crippen molar-refractivity contribution >= 4 is 5.91 Å². The molecule has 0 aliphatic carbocycles. The highest BCUT2D eigenvalue weighted by atomic mass is 16.2. The molecule has 368 valence electrons. The van der Waals surface area contributed by atoms with Gasteiger partial charge in [0.25, 0.3) is 0 Å². The lowest BCUT2D eigenvalue weighted by molar-refractivity contribution is -0.134. The fourth-order valence-corrected chi connectivity index (χ4v) is 10.6. The van der Waals surface area contributed by atoms with Crippen LogP contribution in [-0.4, -0.2) is 121 Å². The second kappa shape index (κ2) is 41.7. The van der Waals surface area contributed by atoms with Gasteiger partial charge in [-0.3, -0.25) is 14.6 Å². The number of rotatable bonds is 48. The molecular weight excluding hydrogens is 759 g/mol. The fourth-order valence-electron chi connectivity index (χ4n) is 10.6. The quantitative estimate of drug-likeness (QED) is 0.0569. The SMILES string of the molecule is CCCCCCCCCN(CCCCCCCCC)CCN(CCCCCCCCC)CCN1CC2CC1CN2C(=O)CN(CCCCCCCCC)CCCCCCCCC. The van der Waals surface area contributed by atoms with Crippen molar-refractivity contribution in [3.8, 4) is 0 Å². The molecule has 2 heterocycles. The Kier molecular flexibility index (Phi) is 38.6. The summed E-state index contributed by atoms with van der Waals surface area (Å²) in [6, 6.07) is 0.998. The second-order valence-electron chi connectivity index (χ2n) is 20.7.